The van der Waals surface area contributed by atoms with Crippen molar-refractivity contribution < 1.29 is 9.84 Å². The molecule has 0 saturated heterocycles. The molecule has 1 N–H and O–H groups in total. The van der Waals surface area contributed by atoms with Crippen molar-refractivity contribution >= 4 is 11.6 Å². The SMILES string of the molecule is Cc1nn(-c2ccc(Cl)cc2)c(COc2ccc(CCCO)cc2)c1C#N. The molecular weight excluding hydrogens is 362 g/mol. The van der Waals surface area contributed by atoms with Crippen molar-refractivity contribution in [2.45, 2.75) is 26.4 Å². The topological polar surface area (TPSA) is 71.1 Å². The second-order valence-electron chi connectivity index (χ2n) is 6.17. The summed E-state index contributed by atoms with van der Waals surface area (Å²) in [6, 6.07) is 17.3. The molecule has 0 spiro atoms. The van der Waals surface area contributed by atoms with E-state index in [1.807, 2.05) is 43.3 Å². The van der Waals surface area contributed by atoms with E-state index in [4.69, 9.17) is 21.4 Å². The van der Waals surface area contributed by atoms with E-state index in [9.17, 15) is 5.26 Å². The molecule has 2 aromatic carbocycles. The smallest absolute Gasteiger partial charge is 0.132 e. The molecule has 0 atom stereocenters. The summed E-state index contributed by atoms with van der Waals surface area (Å²) in [5.74, 6) is 0.716. The summed E-state index contributed by atoms with van der Waals surface area (Å²) in [6.45, 7) is 2.22. The molecule has 1 aromatic heterocycles. The minimum atomic E-state index is 0.184. The number of nitrogens with zero attached hydrogens (tertiary/aromatic N) is 3. The van der Waals surface area contributed by atoms with Crippen LogP contribution in [0.1, 0.15) is 28.9 Å². The van der Waals surface area contributed by atoms with Crippen molar-refractivity contribution in [3.8, 4) is 17.5 Å². The van der Waals surface area contributed by atoms with Crippen LogP contribution in [0.3, 0.4) is 0 Å². The third kappa shape index (κ3) is 4.48. The Hall–Kier alpha value is -2.81. The number of hydrogen-bond donors (Lipinski definition) is 1. The first-order valence-electron chi connectivity index (χ1n) is 8.69. The summed E-state index contributed by atoms with van der Waals surface area (Å²) in [5, 5.41) is 23.6. The maximum atomic E-state index is 9.52. The first-order valence-corrected chi connectivity index (χ1v) is 9.07. The fourth-order valence-electron chi connectivity index (χ4n) is 2.84. The van der Waals surface area contributed by atoms with Crippen LogP contribution in [0.25, 0.3) is 5.69 Å². The van der Waals surface area contributed by atoms with Gasteiger partial charge in [0.05, 0.1) is 17.1 Å². The summed E-state index contributed by atoms with van der Waals surface area (Å²) in [7, 11) is 0. The summed E-state index contributed by atoms with van der Waals surface area (Å²) in [4.78, 5) is 0. The normalized spacial score (nSPS) is 10.6. The molecule has 0 amide bonds. The Bertz CT molecular complexity index is 941. The number of halogens is 1. The molecule has 6 heteroatoms. The highest BCUT2D eigenvalue weighted by Gasteiger charge is 2.17. The van der Waals surface area contributed by atoms with Crippen molar-refractivity contribution in [2.75, 3.05) is 6.61 Å². The van der Waals surface area contributed by atoms with Gasteiger partial charge in [0.25, 0.3) is 0 Å². The first kappa shape index (κ1) is 19.0. The second kappa shape index (κ2) is 8.72. The van der Waals surface area contributed by atoms with Gasteiger partial charge in [-0.25, -0.2) is 4.68 Å². The van der Waals surface area contributed by atoms with Crippen LogP contribution in [0.5, 0.6) is 5.75 Å². The van der Waals surface area contributed by atoms with Gasteiger partial charge in [0.1, 0.15) is 24.0 Å². The Kier molecular flexibility index (Phi) is 6.12. The van der Waals surface area contributed by atoms with Gasteiger partial charge in [-0.1, -0.05) is 23.7 Å². The number of ether oxygens (including phenoxy) is 1. The molecule has 0 unspecified atom stereocenters. The van der Waals surface area contributed by atoms with Gasteiger partial charge in [-0.3, -0.25) is 0 Å². The van der Waals surface area contributed by atoms with Gasteiger partial charge in [0, 0.05) is 11.6 Å². The van der Waals surface area contributed by atoms with Crippen molar-refractivity contribution in [2.24, 2.45) is 0 Å². The van der Waals surface area contributed by atoms with Gasteiger partial charge in [0.2, 0.25) is 0 Å². The largest absolute Gasteiger partial charge is 0.487 e. The maximum Gasteiger partial charge on any atom is 0.132 e. The summed E-state index contributed by atoms with van der Waals surface area (Å²) < 4.78 is 7.63. The Morgan fingerprint density at radius 2 is 1.85 bits per heavy atom. The van der Waals surface area contributed by atoms with Crippen molar-refractivity contribution in [1.82, 2.24) is 9.78 Å². The Balaban J connectivity index is 1.81. The molecule has 0 bridgehead atoms. The van der Waals surface area contributed by atoms with Crippen LogP contribution in [-0.2, 0) is 13.0 Å². The van der Waals surface area contributed by atoms with Gasteiger partial charge in [0.15, 0.2) is 0 Å². The quantitative estimate of drug-likeness (QED) is 0.665. The lowest BCUT2D eigenvalue weighted by Gasteiger charge is -2.10. The summed E-state index contributed by atoms with van der Waals surface area (Å²) in [5.41, 5.74) is 3.84. The number of aryl methyl sites for hydroxylation is 2. The van der Waals surface area contributed by atoms with E-state index in [2.05, 4.69) is 11.2 Å². The molecule has 5 nitrogen and oxygen atoms in total. The molecule has 0 aliphatic rings. The number of benzene rings is 2. The highest BCUT2D eigenvalue weighted by Crippen LogP contribution is 2.22. The maximum absolute atomic E-state index is 9.52. The van der Waals surface area contributed by atoms with Crippen molar-refractivity contribution in [1.29, 1.82) is 5.26 Å². The fraction of sp³-hybridized carbons (Fsp3) is 0.238. The molecule has 0 fully saturated rings. The number of aromatic nitrogens is 2. The zero-order valence-corrected chi connectivity index (χ0v) is 15.8. The van der Waals surface area contributed by atoms with Crippen LogP contribution < -0.4 is 4.74 Å². The molecule has 3 aromatic rings. The molecule has 27 heavy (non-hydrogen) atoms. The van der Waals surface area contributed by atoms with Gasteiger partial charge in [-0.15, -0.1) is 0 Å². The van der Waals surface area contributed by atoms with Crippen molar-refractivity contribution in [3.05, 3.63) is 76.1 Å². The lowest BCUT2D eigenvalue weighted by molar-refractivity contribution is 0.288. The van der Waals surface area contributed by atoms with Crippen LogP contribution in [0, 0.1) is 18.3 Å². The lowest BCUT2D eigenvalue weighted by atomic mass is 10.1. The van der Waals surface area contributed by atoms with E-state index in [1.165, 1.54) is 0 Å². The standard InChI is InChI=1S/C21H20ClN3O2/c1-15-20(13-23)21(25(24-15)18-8-6-17(22)7-9-18)14-27-19-10-4-16(5-11-19)3-2-12-26/h4-11,26H,2-3,12,14H2,1H3. The van der Waals surface area contributed by atoms with Crippen LogP contribution in [0.2, 0.25) is 5.02 Å². The molecule has 0 saturated carbocycles. The van der Waals surface area contributed by atoms with Crippen LogP contribution in [0.15, 0.2) is 48.5 Å². The highest BCUT2D eigenvalue weighted by molar-refractivity contribution is 6.30. The molecular formula is C21H20ClN3O2. The zero-order valence-electron chi connectivity index (χ0n) is 15.0. The minimum absolute atomic E-state index is 0.184. The van der Waals surface area contributed by atoms with Crippen LogP contribution >= 0.6 is 11.6 Å². The molecule has 0 aliphatic heterocycles. The minimum Gasteiger partial charge on any atom is -0.487 e. The Morgan fingerprint density at radius 3 is 2.48 bits per heavy atom. The Morgan fingerprint density at radius 1 is 1.15 bits per heavy atom. The van der Waals surface area contributed by atoms with Crippen LogP contribution in [-0.4, -0.2) is 21.5 Å². The summed E-state index contributed by atoms with van der Waals surface area (Å²) >= 11 is 5.97. The van der Waals surface area contributed by atoms with Gasteiger partial charge in [-0.05, 0) is 61.7 Å². The average Bonchev–Trinajstić information content (AvgIpc) is 3.01. The van der Waals surface area contributed by atoms with Gasteiger partial charge < -0.3 is 9.84 Å². The molecule has 3 rings (SSSR count). The van der Waals surface area contributed by atoms with E-state index in [0.717, 1.165) is 24.1 Å². The third-order valence-corrected chi connectivity index (χ3v) is 4.51. The van der Waals surface area contributed by atoms with E-state index < -0.39 is 0 Å². The summed E-state index contributed by atoms with van der Waals surface area (Å²) in [6.07, 6.45) is 1.57. The van der Waals surface area contributed by atoms with Crippen LogP contribution in [0.4, 0.5) is 0 Å². The lowest BCUT2D eigenvalue weighted by Crippen LogP contribution is -2.07. The molecule has 0 aliphatic carbocycles. The number of hydrogen-bond acceptors (Lipinski definition) is 4. The molecule has 0 radical (unpaired) electrons. The predicted octanol–water partition coefficient (Wildman–Crippen LogP) is 4.21. The van der Waals surface area contributed by atoms with E-state index in [0.29, 0.717) is 27.7 Å². The van der Waals surface area contributed by atoms with E-state index in [1.54, 1.807) is 16.8 Å². The third-order valence-electron chi connectivity index (χ3n) is 4.26. The number of nitriles is 1. The predicted molar refractivity (Wildman–Crippen MR) is 104 cm³/mol. The number of aliphatic hydroxyl groups excluding tert-OH is 1. The monoisotopic (exact) mass is 381 g/mol. The molecule has 1 heterocycles. The van der Waals surface area contributed by atoms with Crippen molar-refractivity contribution in [3.63, 3.8) is 0 Å². The zero-order chi connectivity index (χ0) is 19.2. The second-order valence-corrected chi connectivity index (χ2v) is 6.60. The average molecular weight is 382 g/mol. The van der Waals surface area contributed by atoms with E-state index in [-0.39, 0.29) is 13.2 Å². The van der Waals surface area contributed by atoms with Gasteiger partial charge in [-0.2, -0.15) is 10.4 Å². The first-order chi connectivity index (χ1) is 13.1. The van der Waals surface area contributed by atoms with E-state index >= 15 is 0 Å². The van der Waals surface area contributed by atoms with Gasteiger partial charge >= 0.3 is 0 Å². The Labute approximate surface area is 163 Å². The number of rotatable bonds is 7. The molecule has 138 valence electrons. The number of aliphatic hydroxyl groups is 1. The fourth-order valence-corrected chi connectivity index (χ4v) is 2.96. The highest BCUT2D eigenvalue weighted by atomic mass is 35.5.